The van der Waals surface area contributed by atoms with Crippen molar-refractivity contribution in [2.75, 3.05) is 14.2 Å². The molecule has 1 N–H and O–H groups in total. The number of carbonyl (C=O) groups is 1. The third kappa shape index (κ3) is 5.37. The number of aromatic nitrogens is 2. The average Bonchev–Trinajstić information content (AvgIpc) is 3.11. The van der Waals surface area contributed by atoms with Crippen LogP contribution >= 0.6 is 11.6 Å². The maximum absolute atomic E-state index is 11.7. The molecule has 3 aromatic rings. The van der Waals surface area contributed by atoms with E-state index < -0.39 is 0 Å². The minimum Gasteiger partial charge on any atom is -1.00 e. The summed E-state index contributed by atoms with van der Waals surface area (Å²) in [5, 5.41) is 15.1. The molecule has 0 aliphatic rings. The number of halogens is 1. The van der Waals surface area contributed by atoms with E-state index in [4.69, 9.17) is 16.3 Å². The number of hydrogen-bond acceptors (Lipinski definition) is 4. The number of hydroxylamine groups is 2. The zero-order chi connectivity index (χ0) is 19.4. The summed E-state index contributed by atoms with van der Waals surface area (Å²) in [7, 11) is 2.94. The number of aryl methyl sites for hydroxylation is 1. The smallest absolute Gasteiger partial charge is 1.00 e. The first-order valence-electron chi connectivity index (χ1n) is 8.42. The van der Waals surface area contributed by atoms with Crippen molar-refractivity contribution < 1.29 is 45.7 Å². The van der Waals surface area contributed by atoms with Gasteiger partial charge in [0.2, 0.25) is 5.91 Å². The number of hydrogen-bond donors (Lipinski definition) is 1. The van der Waals surface area contributed by atoms with Crippen LogP contribution < -0.4 is 34.3 Å². The Morgan fingerprint density at radius 2 is 1.86 bits per heavy atom. The average molecular weight is 410 g/mol. The molecule has 142 valence electrons. The van der Waals surface area contributed by atoms with Crippen molar-refractivity contribution in [3.05, 3.63) is 65.3 Å². The van der Waals surface area contributed by atoms with E-state index in [1.165, 1.54) is 7.05 Å². The Morgan fingerprint density at radius 1 is 1.21 bits per heavy atom. The maximum Gasteiger partial charge on any atom is 1.00 e. The summed E-state index contributed by atoms with van der Waals surface area (Å²) >= 11 is 6.01. The molecule has 0 bridgehead atoms. The largest absolute Gasteiger partial charge is 1.00 e. The van der Waals surface area contributed by atoms with Crippen LogP contribution in [0.5, 0.6) is 5.75 Å². The van der Waals surface area contributed by atoms with Crippen LogP contribution in [0, 0.1) is 0 Å². The first kappa shape index (κ1) is 22.5. The van der Waals surface area contributed by atoms with Crippen LogP contribution in [0.1, 0.15) is 13.5 Å². The Morgan fingerprint density at radius 3 is 2.43 bits per heavy atom. The van der Waals surface area contributed by atoms with Crippen LogP contribution in [0.4, 0.5) is 0 Å². The molecule has 1 heterocycles. The SMILES string of the molecule is COc1ccc(-n2nc(CCC(=O)N(C)O)cc2-c2ccc(Cl)cc2)cc1.[H-].[Na+]. The second-order valence-electron chi connectivity index (χ2n) is 6.05. The van der Waals surface area contributed by atoms with Gasteiger partial charge in [-0.2, -0.15) is 5.10 Å². The zero-order valence-electron chi connectivity index (χ0n) is 17.1. The van der Waals surface area contributed by atoms with E-state index in [-0.39, 0.29) is 43.3 Å². The zero-order valence-corrected chi connectivity index (χ0v) is 18.8. The molecular weight excluding hydrogens is 389 g/mol. The molecule has 28 heavy (non-hydrogen) atoms. The second kappa shape index (κ2) is 10.1. The number of benzene rings is 2. The number of amides is 1. The molecular formula is C20H21ClN3NaO3. The maximum atomic E-state index is 11.7. The summed E-state index contributed by atoms with van der Waals surface area (Å²) in [6.07, 6.45) is 0.597. The van der Waals surface area contributed by atoms with E-state index >= 15 is 0 Å². The molecule has 3 rings (SSSR count). The number of carbonyl (C=O) groups excluding carboxylic acids is 1. The van der Waals surface area contributed by atoms with E-state index in [0.717, 1.165) is 28.4 Å². The Hall–Kier alpha value is -1.83. The van der Waals surface area contributed by atoms with Crippen molar-refractivity contribution in [2.24, 2.45) is 0 Å². The fourth-order valence-electron chi connectivity index (χ4n) is 2.70. The number of nitrogens with zero attached hydrogens (tertiary/aromatic N) is 3. The standard InChI is InChI=1S/C20H20ClN3O3.Na.H/c1-23(26)20(25)12-7-16-13-19(14-3-5-15(21)6-4-14)24(22-16)17-8-10-18(27-2)11-9-17;;/h3-6,8-11,13,26H,7,12H2,1-2H3;;/q;+1;-1. The van der Waals surface area contributed by atoms with Gasteiger partial charge in [-0.25, -0.2) is 9.75 Å². The van der Waals surface area contributed by atoms with E-state index in [9.17, 15) is 10.0 Å². The Balaban J connectivity index is 0.00000210. The van der Waals surface area contributed by atoms with Gasteiger partial charge < -0.3 is 6.16 Å². The summed E-state index contributed by atoms with van der Waals surface area (Å²) < 4.78 is 7.04. The molecule has 0 fully saturated rings. The van der Waals surface area contributed by atoms with Gasteiger partial charge in [0.15, 0.2) is 0 Å². The van der Waals surface area contributed by atoms with E-state index in [1.54, 1.807) is 7.11 Å². The topological polar surface area (TPSA) is 67.6 Å². The van der Waals surface area contributed by atoms with Crippen molar-refractivity contribution in [3.63, 3.8) is 0 Å². The molecule has 0 aliphatic heterocycles. The molecule has 1 aromatic heterocycles. The molecule has 2 aromatic carbocycles. The summed E-state index contributed by atoms with van der Waals surface area (Å²) in [6, 6.07) is 17.0. The van der Waals surface area contributed by atoms with Gasteiger partial charge in [0.1, 0.15) is 5.75 Å². The molecule has 1 amide bonds. The summed E-state index contributed by atoms with van der Waals surface area (Å²) in [5.41, 5.74) is 3.47. The minimum absolute atomic E-state index is 0. The summed E-state index contributed by atoms with van der Waals surface area (Å²) in [5.74, 6) is 0.401. The Labute approximate surface area is 192 Å². The van der Waals surface area contributed by atoms with Crippen LogP contribution in [-0.4, -0.2) is 40.1 Å². The molecule has 6 nitrogen and oxygen atoms in total. The van der Waals surface area contributed by atoms with Gasteiger partial charge in [0, 0.05) is 30.5 Å². The Bertz CT molecular complexity index is 931. The van der Waals surface area contributed by atoms with Crippen LogP contribution in [0.2, 0.25) is 5.02 Å². The molecule has 0 aliphatic carbocycles. The van der Waals surface area contributed by atoms with Crippen molar-refractivity contribution >= 4 is 17.5 Å². The molecule has 0 atom stereocenters. The van der Waals surface area contributed by atoms with Gasteiger partial charge in [-0.3, -0.25) is 10.0 Å². The molecule has 8 heteroatoms. The summed E-state index contributed by atoms with van der Waals surface area (Å²) in [4.78, 5) is 11.7. The fourth-order valence-corrected chi connectivity index (χ4v) is 2.82. The molecule has 0 unspecified atom stereocenters. The van der Waals surface area contributed by atoms with E-state index in [0.29, 0.717) is 16.5 Å². The van der Waals surface area contributed by atoms with Crippen LogP contribution in [0.3, 0.4) is 0 Å². The van der Waals surface area contributed by atoms with E-state index in [2.05, 4.69) is 5.10 Å². The predicted molar refractivity (Wildman–Crippen MR) is 105 cm³/mol. The van der Waals surface area contributed by atoms with Crippen LogP contribution in [0.15, 0.2) is 54.6 Å². The first-order chi connectivity index (χ1) is 13.0. The molecule has 0 spiro atoms. The molecule has 0 radical (unpaired) electrons. The van der Waals surface area contributed by atoms with Gasteiger partial charge in [-0.15, -0.1) is 0 Å². The number of rotatable bonds is 6. The van der Waals surface area contributed by atoms with E-state index in [1.807, 2.05) is 59.3 Å². The third-order valence-electron chi connectivity index (χ3n) is 4.17. The van der Waals surface area contributed by atoms with Crippen LogP contribution in [-0.2, 0) is 11.2 Å². The fraction of sp³-hybridized carbons (Fsp3) is 0.200. The quantitative estimate of drug-likeness (QED) is 0.376. The Kier molecular flexibility index (Phi) is 8.10. The van der Waals surface area contributed by atoms with Crippen molar-refractivity contribution in [1.82, 2.24) is 14.8 Å². The van der Waals surface area contributed by atoms with Gasteiger partial charge in [0.05, 0.1) is 24.2 Å². The van der Waals surface area contributed by atoms with Gasteiger partial charge in [0.25, 0.3) is 0 Å². The van der Waals surface area contributed by atoms with Gasteiger partial charge in [-0.1, -0.05) is 23.7 Å². The van der Waals surface area contributed by atoms with Crippen molar-refractivity contribution in [1.29, 1.82) is 0 Å². The molecule has 0 saturated carbocycles. The van der Waals surface area contributed by atoms with Crippen molar-refractivity contribution in [3.8, 4) is 22.7 Å². The number of ether oxygens (including phenoxy) is 1. The molecule has 0 saturated heterocycles. The third-order valence-corrected chi connectivity index (χ3v) is 4.42. The van der Waals surface area contributed by atoms with Gasteiger partial charge >= 0.3 is 29.6 Å². The minimum atomic E-state index is -0.359. The monoisotopic (exact) mass is 409 g/mol. The van der Waals surface area contributed by atoms with Crippen molar-refractivity contribution in [2.45, 2.75) is 12.8 Å². The predicted octanol–water partition coefficient (Wildman–Crippen LogP) is 1.10. The second-order valence-corrected chi connectivity index (χ2v) is 6.49. The number of methoxy groups -OCH3 is 1. The summed E-state index contributed by atoms with van der Waals surface area (Å²) in [6.45, 7) is 0. The van der Waals surface area contributed by atoms with Gasteiger partial charge in [-0.05, 0) is 42.5 Å². The first-order valence-corrected chi connectivity index (χ1v) is 8.80. The van der Waals surface area contributed by atoms with Crippen LogP contribution in [0.25, 0.3) is 16.9 Å². The normalized spacial score (nSPS) is 10.3.